The summed E-state index contributed by atoms with van der Waals surface area (Å²) in [5, 5.41) is 4.73. The maximum absolute atomic E-state index is 6.10. The minimum absolute atomic E-state index is 0.407. The molecule has 0 heterocycles. The topological polar surface area (TPSA) is 18.5 Å². The van der Waals surface area contributed by atoms with Crippen molar-refractivity contribution in [2.24, 2.45) is 0 Å². The molecule has 0 saturated carbocycles. The van der Waals surface area contributed by atoms with Gasteiger partial charge >= 0.3 is 0 Å². The minimum atomic E-state index is -0.407. The van der Waals surface area contributed by atoms with E-state index in [-0.39, 0.29) is 0 Å². The molecule has 0 aliphatic heterocycles. The zero-order chi connectivity index (χ0) is 17.5. The van der Waals surface area contributed by atoms with Crippen molar-refractivity contribution in [2.75, 3.05) is 13.2 Å². The monoisotopic (exact) mass is 332 g/mol. The van der Waals surface area contributed by atoms with Crippen LogP contribution in [-0.4, -0.2) is 13.2 Å². The zero-order valence-electron chi connectivity index (χ0n) is 14.5. The molecule has 2 heteroatoms. The fourth-order valence-corrected chi connectivity index (χ4v) is 3.03. The summed E-state index contributed by atoms with van der Waals surface area (Å²) in [6.07, 6.45) is 4.91. The molecule has 0 N–H and O–H groups in total. The number of rotatable bonds is 9. The molecule has 0 radical (unpaired) electrons. The average molecular weight is 332 g/mol. The molecule has 0 fully saturated rings. The lowest BCUT2D eigenvalue weighted by Gasteiger charge is -2.22. The fraction of sp³-hybridized carbons (Fsp3) is 0.217. The van der Waals surface area contributed by atoms with E-state index in [1.54, 1.807) is 0 Å². The standard InChI is InChI=1S/C23H24O2/c1-3-5-15-24-23(25-16-6-4-2)22-20-13-9-7-11-18(20)17-19-12-8-10-14-21(19)22/h3-4,7-14,17,23H,1-2,5-6,15-16H2. The predicted octanol–water partition coefficient (Wildman–Crippen LogP) is 6.18. The number of benzene rings is 3. The quantitative estimate of drug-likeness (QED) is 0.202. The predicted molar refractivity (Wildman–Crippen MR) is 106 cm³/mol. The molecule has 0 atom stereocenters. The highest BCUT2D eigenvalue weighted by Gasteiger charge is 2.19. The minimum Gasteiger partial charge on any atom is -0.348 e. The average Bonchev–Trinajstić information content (AvgIpc) is 2.65. The Morgan fingerprint density at radius 1 is 0.760 bits per heavy atom. The van der Waals surface area contributed by atoms with Crippen molar-refractivity contribution in [3.8, 4) is 0 Å². The molecule has 0 aliphatic rings. The van der Waals surface area contributed by atoms with Gasteiger partial charge in [-0.2, -0.15) is 0 Å². The van der Waals surface area contributed by atoms with Crippen molar-refractivity contribution in [2.45, 2.75) is 19.1 Å². The van der Waals surface area contributed by atoms with Crippen LogP contribution in [0.3, 0.4) is 0 Å². The van der Waals surface area contributed by atoms with Gasteiger partial charge in [0.2, 0.25) is 0 Å². The van der Waals surface area contributed by atoms with Crippen molar-refractivity contribution in [3.63, 3.8) is 0 Å². The van der Waals surface area contributed by atoms with E-state index in [1.807, 2.05) is 12.2 Å². The normalized spacial score (nSPS) is 11.2. The molecule has 0 amide bonds. The molecule has 3 aromatic carbocycles. The molecule has 0 bridgehead atoms. The molecular formula is C23H24O2. The highest BCUT2D eigenvalue weighted by atomic mass is 16.7. The summed E-state index contributed by atoms with van der Waals surface area (Å²) in [6, 6.07) is 19.0. The fourth-order valence-electron chi connectivity index (χ4n) is 3.03. The lowest BCUT2D eigenvalue weighted by atomic mass is 9.96. The first kappa shape index (κ1) is 17.4. The van der Waals surface area contributed by atoms with Gasteiger partial charge in [0.05, 0.1) is 13.2 Å². The lowest BCUT2D eigenvalue weighted by Crippen LogP contribution is -2.12. The van der Waals surface area contributed by atoms with E-state index < -0.39 is 6.29 Å². The second-order valence-corrected chi connectivity index (χ2v) is 5.96. The van der Waals surface area contributed by atoms with Gasteiger partial charge in [-0.05, 0) is 40.5 Å². The van der Waals surface area contributed by atoms with Gasteiger partial charge in [0.25, 0.3) is 0 Å². The molecule has 0 aliphatic carbocycles. The summed E-state index contributed by atoms with van der Waals surface area (Å²) in [6.45, 7) is 8.71. The van der Waals surface area contributed by atoms with Gasteiger partial charge in [0.1, 0.15) is 0 Å². The van der Waals surface area contributed by atoms with Crippen molar-refractivity contribution in [1.82, 2.24) is 0 Å². The first-order valence-corrected chi connectivity index (χ1v) is 8.70. The molecule has 3 rings (SSSR count). The zero-order valence-corrected chi connectivity index (χ0v) is 14.5. The Morgan fingerprint density at radius 2 is 1.24 bits per heavy atom. The molecular weight excluding hydrogens is 308 g/mol. The number of fused-ring (bicyclic) bond motifs is 2. The Labute approximate surface area is 149 Å². The molecule has 0 unspecified atom stereocenters. The van der Waals surface area contributed by atoms with Crippen LogP contribution in [0, 0.1) is 0 Å². The van der Waals surface area contributed by atoms with E-state index in [0.717, 1.165) is 18.4 Å². The van der Waals surface area contributed by atoms with E-state index in [2.05, 4.69) is 67.8 Å². The summed E-state index contributed by atoms with van der Waals surface area (Å²) in [7, 11) is 0. The summed E-state index contributed by atoms with van der Waals surface area (Å²) in [5.41, 5.74) is 1.10. The van der Waals surface area contributed by atoms with Crippen LogP contribution in [0.1, 0.15) is 24.7 Å². The van der Waals surface area contributed by atoms with Crippen LogP contribution in [0.2, 0.25) is 0 Å². The van der Waals surface area contributed by atoms with Crippen LogP contribution in [0.25, 0.3) is 21.5 Å². The van der Waals surface area contributed by atoms with Crippen LogP contribution in [0.15, 0.2) is 79.9 Å². The molecule has 3 aromatic rings. The van der Waals surface area contributed by atoms with Gasteiger partial charge in [-0.15, -0.1) is 13.2 Å². The Balaban J connectivity index is 2.11. The molecule has 2 nitrogen and oxygen atoms in total. The smallest absolute Gasteiger partial charge is 0.185 e. The van der Waals surface area contributed by atoms with Crippen LogP contribution < -0.4 is 0 Å². The van der Waals surface area contributed by atoms with Gasteiger partial charge in [0.15, 0.2) is 6.29 Å². The molecule has 25 heavy (non-hydrogen) atoms. The van der Waals surface area contributed by atoms with Crippen molar-refractivity contribution >= 4 is 21.5 Å². The SMILES string of the molecule is C=CCCOC(OCCC=C)c1c2ccccc2cc2ccccc12. The van der Waals surface area contributed by atoms with Gasteiger partial charge in [-0.3, -0.25) is 0 Å². The van der Waals surface area contributed by atoms with Crippen LogP contribution in [-0.2, 0) is 9.47 Å². The van der Waals surface area contributed by atoms with E-state index in [0.29, 0.717) is 13.2 Å². The number of hydrogen-bond donors (Lipinski definition) is 0. The first-order valence-electron chi connectivity index (χ1n) is 8.70. The van der Waals surface area contributed by atoms with Crippen molar-refractivity contribution < 1.29 is 9.47 Å². The third kappa shape index (κ3) is 3.98. The molecule has 0 spiro atoms. The highest BCUT2D eigenvalue weighted by molar-refractivity contribution is 6.02. The molecule has 128 valence electrons. The van der Waals surface area contributed by atoms with Crippen molar-refractivity contribution in [1.29, 1.82) is 0 Å². The molecule has 0 saturated heterocycles. The Morgan fingerprint density at radius 3 is 1.72 bits per heavy atom. The number of ether oxygens (including phenoxy) is 2. The Kier molecular flexibility index (Phi) is 5.99. The van der Waals surface area contributed by atoms with E-state index in [9.17, 15) is 0 Å². The first-order chi connectivity index (χ1) is 12.3. The summed E-state index contributed by atoms with van der Waals surface area (Å²) >= 11 is 0. The van der Waals surface area contributed by atoms with E-state index in [1.165, 1.54) is 21.5 Å². The second-order valence-electron chi connectivity index (χ2n) is 5.96. The number of hydrogen-bond acceptors (Lipinski definition) is 2. The summed E-state index contributed by atoms with van der Waals surface area (Å²) < 4.78 is 12.2. The van der Waals surface area contributed by atoms with E-state index in [4.69, 9.17) is 9.47 Å². The van der Waals surface area contributed by atoms with Gasteiger partial charge in [-0.1, -0.05) is 60.7 Å². The Bertz CT molecular complexity index is 798. The van der Waals surface area contributed by atoms with Crippen molar-refractivity contribution in [3.05, 3.63) is 85.5 Å². The molecule has 0 aromatic heterocycles. The van der Waals surface area contributed by atoms with Gasteiger partial charge in [-0.25, -0.2) is 0 Å². The maximum atomic E-state index is 6.10. The van der Waals surface area contributed by atoms with Gasteiger partial charge in [0, 0.05) is 5.56 Å². The van der Waals surface area contributed by atoms with Gasteiger partial charge < -0.3 is 9.47 Å². The third-order valence-corrected chi connectivity index (χ3v) is 4.23. The second kappa shape index (κ2) is 8.61. The van der Waals surface area contributed by atoms with Crippen LogP contribution in [0.4, 0.5) is 0 Å². The maximum Gasteiger partial charge on any atom is 0.185 e. The Hall–Kier alpha value is -2.42. The largest absolute Gasteiger partial charge is 0.348 e. The van der Waals surface area contributed by atoms with Crippen LogP contribution >= 0.6 is 0 Å². The lowest BCUT2D eigenvalue weighted by molar-refractivity contribution is -0.143. The summed E-state index contributed by atoms with van der Waals surface area (Å²) in [5.74, 6) is 0. The van der Waals surface area contributed by atoms with E-state index >= 15 is 0 Å². The summed E-state index contributed by atoms with van der Waals surface area (Å²) in [4.78, 5) is 0. The highest BCUT2D eigenvalue weighted by Crippen LogP contribution is 2.35. The van der Waals surface area contributed by atoms with Crippen LogP contribution in [0.5, 0.6) is 0 Å². The third-order valence-electron chi connectivity index (χ3n) is 4.23.